The van der Waals surface area contributed by atoms with Crippen molar-refractivity contribution < 1.29 is 4.79 Å². The Morgan fingerprint density at radius 3 is 2.92 bits per heavy atom. The standard InChI is InChI=1S/C17H20ClN5O/c18-15-16(19)20-11-21-17(15)22-13-8-9-23(10-13)14(24)7-6-12-4-2-1-3-5-12/h1-5,11,13H,6-10H2,(H3,19,20,21,22). The summed E-state index contributed by atoms with van der Waals surface area (Å²) in [4.78, 5) is 22.2. The lowest BCUT2D eigenvalue weighted by Crippen LogP contribution is -2.31. The number of carbonyl (C=O) groups excluding carboxylic acids is 1. The molecule has 7 heteroatoms. The van der Waals surface area contributed by atoms with Crippen LogP contribution in [0.4, 0.5) is 11.6 Å². The molecule has 1 amide bonds. The van der Waals surface area contributed by atoms with Gasteiger partial charge in [-0.2, -0.15) is 0 Å². The molecule has 1 atom stereocenters. The van der Waals surface area contributed by atoms with Crippen molar-refractivity contribution in [3.05, 3.63) is 47.2 Å². The molecule has 2 aromatic rings. The van der Waals surface area contributed by atoms with Gasteiger partial charge in [-0.3, -0.25) is 4.79 Å². The molecule has 0 aliphatic carbocycles. The average molecular weight is 346 g/mol. The van der Waals surface area contributed by atoms with Gasteiger partial charge in [0.05, 0.1) is 0 Å². The number of nitrogens with one attached hydrogen (secondary N) is 1. The molecule has 1 aliphatic heterocycles. The van der Waals surface area contributed by atoms with Crippen molar-refractivity contribution in [1.29, 1.82) is 0 Å². The van der Waals surface area contributed by atoms with Gasteiger partial charge in [-0.25, -0.2) is 9.97 Å². The summed E-state index contributed by atoms with van der Waals surface area (Å²) in [5.41, 5.74) is 6.86. The molecule has 0 spiro atoms. The zero-order valence-corrected chi connectivity index (χ0v) is 14.0. The third-order valence-corrected chi connectivity index (χ3v) is 4.54. The van der Waals surface area contributed by atoms with Gasteiger partial charge in [-0.1, -0.05) is 41.9 Å². The van der Waals surface area contributed by atoms with E-state index in [1.165, 1.54) is 11.9 Å². The summed E-state index contributed by atoms with van der Waals surface area (Å²) in [6, 6.07) is 10.2. The number of halogens is 1. The summed E-state index contributed by atoms with van der Waals surface area (Å²) in [6.07, 6.45) is 3.53. The second kappa shape index (κ2) is 7.49. The van der Waals surface area contributed by atoms with Crippen molar-refractivity contribution in [3.63, 3.8) is 0 Å². The predicted octanol–water partition coefficient (Wildman–Crippen LogP) is 2.36. The quantitative estimate of drug-likeness (QED) is 0.869. The third-order valence-electron chi connectivity index (χ3n) is 4.17. The molecule has 0 saturated carbocycles. The topological polar surface area (TPSA) is 84.1 Å². The van der Waals surface area contributed by atoms with Crippen molar-refractivity contribution in [2.75, 3.05) is 24.1 Å². The molecule has 3 rings (SSSR count). The number of benzene rings is 1. The van der Waals surface area contributed by atoms with Crippen LogP contribution in [0.5, 0.6) is 0 Å². The van der Waals surface area contributed by atoms with Gasteiger partial charge in [0, 0.05) is 25.6 Å². The molecule has 1 saturated heterocycles. The van der Waals surface area contributed by atoms with Crippen LogP contribution in [-0.4, -0.2) is 39.9 Å². The van der Waals surface area contributed by atoms with Crippen molar-refractivity contribution in [1.82, 2.24) is 14.9 Å². The van der Waals surface area contributed by atoms with Gasteiger partial charge < -0.3 is 16.0 Å². The molecule has 1 aromatic heterocycles. The van der Waals surface area contributed by atoms with Crippen LogP contribution in [-0.2, 0) is 11.2 Å². The van der Waals surface area contributed by atoms with Crippen LogP contribution in [0.25, 0.3) is 0 Å². The van der Waals surface area contributed by atoms with Crippen molar-refractivity contribution in [2.45, 2.75) is 25.3 Å². The Balaban J connectivity index is 1.51. The van der Waals surface area contributed by atoms with Crippen molar-refractivity contribution in [3.8, 4) is 0 Å². The summed E-state index contributed by atoms with van der Waals surface area (Å²) in [5, 5.41) is 3.58. The van der Waals surface area contributed by atoms with E-state index in [0.717, 1.165) is 19.4 Å². The maximum Gasteiger partial charge on any atom is 0.222 e. The van der Waals surface area contributed by atoms with Gasteiger partial charge in [0.1, 0.15) is 17.2 Å². The van der Waals surface area contributed by atoms with Crippen LogP contribution in [0, 0.1) is 0 Å². The molecule has 24 heavy (non-hydrogen) atoms. The Morgan fingerprint density at radius 2 is 2.12 bits per heavy atom. The number of aromatic nitrogens is 2. The number of rotatable bonds is 5. The van der Waals surface area contributed by atoms with Gasteiger partial charge in [0.15, 0.2) is 5.82 Å². The Morgan fingerprint density at radius 1 is 1.33 bits per heavy atom. The first-order valence-electron chi connectivity index (χ1n) is 7.97. The smallest absolute Gasteiger partial charge is 0.222 e. The Labute approximate surface area is 146 Å². The molecule has 3 N–H and O–H groups in total. The van der Waals surface area contributed by atoms with Gasteiger partial charge in [0.25, 0.3) is 0 Å². The molecule has 1 unspecified atom stereocenters. The van der Waals surface area contributed by atoms with E-state index >= 15 is 0 Å². The first-order chi connectivity index (χ1) is 11.6. The number of nitrogens with zero attached hydrogens (tertiary/aromatic N) is 3. The summed E-state index contributed by atoms with van der Waals surface area (Å²) in [7, 11) is 0. The predicted molar refractivity (Wildman–Crippen MR) is 94.8 cm³/mol. The normalized spacial score (nSPS) is 17.0. The summed E-state index contributed by atoms with van der Waals surface area (Å²) < 4.78 is 0. The van der Waals surface area contributed by atoms with E-state index in [0.29, 0.717) is 23.8 Å². The van der Waals surface area contributed by atoms with E-state index in [9.17, 15) is 4.79 Å². The van der Waals surface area contributed by atoms with E-state index in [1.807, 2.05) is 35.2 Å². The number of nitrogens with two attached hydrogens (primary N) is 1. The van der Waals surface area contributed by atoms with Gasteiger partial charge in [-0.15, -0.1) is 0 Å². The van der Waals surface area contributed by atoms with Crippen LogP contribution in [0.2, 0.25) is 5.02 Å². The number of amides is 1. The first kappa shape index (κ1) is 16.5. The SMILES string of the molecule is Nc1ncnc(NC2CCN(C(=O)CCc3ccccc3)C2)c1Cl. The van der Waals surface area contributed by atoms with Crippen LogP contribution in [0.3, 0.4) is 0 Å². The molecule has 0 radical (unpaired) electrons. The number of aryl methyl sites for hydroxylation is 1. The zero-order valence-electron chi connectivity index (χ0n) is 13.3. The van der Waals surface area contributed by atoms with Gasteiger partial charge in [0.2, 0.25) is 5.91 Å². The minimum Gasteiger partial charge on any atom is -0.382 e. The summed E-state index contributed by atoms with van der Waals surface area (Å²) in [6.45, 7) is 1.39. The minimum atomic E-state index is 0.123. The first-order valence-corrected chi connectivity index (χ1v) is 8.35. The Bertz CT molecular complexity index is 709. The molecule has 2 heterocycles. The lowest BCUT2D eigenvalue weighted by Gasteiger charge is -2.18. The molecule has 0 bridgehead atoms. The fourth-order valence-corrected chi connectivity index (χ4v) is 2.99. The number of likely N-dealkylation sites (tertiary alicyclic amines) is 1. The molecular formula is C17H20ClN5O. The highest BCUT2D eigenvalue weighted by Gasteiger charge is 2.26. The molecule has 6 nitrogen and oxygen atoms in total. The van der Waals surface area contributed by atoms with E-state index in [2.05, 4.69) is 15.3 Å². The highest BCUT2D eigenvalue weighted by atomic mass is 35.5. The maximum atomic E-state index is 12.4. The van der Waals surface area contributed by atoms with Crippen molar-refractivity contribution in [2.24, 2.45) is 0 Å². The molecule has 1 aliphatic rings. The van der Waals surface area contributed by atoms with Crippen LogP contribution < -0.4 is 11.1 Å². The highest BCUT2D eigenvalue weighted by Crippen LogP contribution is 2.25. The monoisotopic (exact) mass is 345 g/mol. The second-order valence-electron chi connectivity index (χ2n) is 5.88. The number of hydrogen-bond donors (Lipinski definition) is 2. The average Bonchev–Trinajstić information content (AvgIpc) is 3.06. The molecule has 126 valence electrons. The Hall–Kier alpha value is -2.34. The second-order valence-corrected chi connectivity index (χ2v) is 6.25. The molecule has 1 fully saturated rings. The van der Waals surface area contributed by atoms with E-state index in [4.69, 9.17) is 17.3 Å². The Kier molecular flexibility index (Phi) is 5.15. The van der Waals surface area contributed by atoms with Crippen LogP contribution in [0.1, 0.15) is 18.4 Å². The van der Waals surface area contributed by atoms with Crippen LogP contribution in [0.15, 0.2) is 36.7 Å². The highest BCUT2D eigenvalue weighted by molar-refractivity contribution is 6.35. The summed E-state index contributed by atoms with van der Waals surface area (Å²) in [5.74, 6) is 0.951. The third kappa shape index (κ3) is 3.94. The van der Waals surface area contributed by atoms with E-state index < -0.39 is 0 Å². The summed E-state index contributed by atoms with van der Waals surface area (Å²) >= 11 is 6.10. The lowest BCUT2D eigenvalue weighted by molar-refractivity contribution is -0.130. The van der Waals surface area contributed by atoms with E-state index in [-0.39, 0.29) is 17.8 Å². The number of nitrogen functional groups attached to an aromatic ring is 1. The largest absolute Gasteiger partial charge is 0.382 e. The number of hydrogen-bond acceptors (Lipinski definition) is 5. The fraction of sp³-hybridized carbons (Fsp3) is 0.353. The van der Waals surface area contributed by atoms with Gasteiger partial charge >= 0.3 is 0 Å². The zero-order chi connectivity index (χ0) is 16.9. The van der Waals surface area contributed by atoms with Crippen LogP contribution >= 0.6 is 11.6 Å². The number of anilines is 2. The maximum absolute atomic E-state index is 12.4. The molecule has 1 aromatic carbocycles. The minimum absolute atomic E-state index is 0.123. The molecular weight excluding hydrogens is 326 g/mol. The lowest BCUT2D eigenvalue weighted by atomic mass is 10.1. The van der Waals surface area contributed by atoms with E-state index in [1.54, 1.807) is 0 Å². The van der Waals surface area contributed by atoms with Gasteiger partial charge in [-0.05, 0) is 18.4 Å². The fourth-order valence-electron chi connectivity index (χ4n) is 2.84. The number of carbonyl (C=O) groups is 1. The van der Waals surface area contributed by atoms with Crippen molar-refractivity contribution >= 4 is 29.1 Å².